The van der Waals surface area contributed by atoms with Crippen LogP contribution in [0.5, 0.6) is 5.75 Å². The molecule has 29 heavy (non-hydrogen) atoms. The van der Waals surface area contributed by atoms with E-state index in [9.17, 15) is 9.59 Å². The number of nitrogens with zero attached hydrogens (tertiary/aromatic N) is 3. The predicted molar refractivity (Wildman–Crippen MR) is 111 cm³/mol. The molecule has 0 unspecified atom stereocenters. The van der Waals surface area contributed by atoms with Gasteiger partial charge in [-0.25, -0.2) is 4.99 Å². The van der Waals surface area contributed by atoms with E-state index in [1.807, 2.05) is 53.4 Å². The van der Waals surface area contributed by atoms with Crippen LogP contribution in [-0.4, -0.2) is 42.9 Å². The summed E-state index contributed by atoms with van der Waals surface area (Å²) in [4.78, 5) is 31.9. The summed E-state index contributed by atoms with van der Waals surface area (Å²) in [6, 6.07) is 15.5. The molecule has 7 heteroatoms. The van der Waals surface area contributed by atoms with E-state index in [0.717, 1.165) is 35.5 Å². The van der Waals surface area contributed by atoms with Gasteiger partial charge in [-0.3, -0.25) is 14.9 Å². The lowest BCUT2D eigenvalue weighted by molar-refractivity contribution is -0.119. The zero-order valence-electron chi connectivity index (χ0n) is 16.4. The van der Waals surface area contributed by atoms with Crippen molar-refractivity contribution in [3.8, 4) is 5.75 Å². The van der Waals surface area contributed by atoms with Gasteiger partial charge in [0.25, 0.3) is 0 Å². The van der Waals surface area contributed by atoms with E-state index < -0.39 is 0 Å². The Morgan fingerprint density at radius 1 is 1.17 bits per heavy atom. The number of fused-ring (bicyclic) bond motifs is 2. The summed E-state index contributed by atoms with van der Waals surface area (Å²) in [5.41, 5.74) is 2.81. The van der Waals surface area contributed by atoms with E-state index >= 15 is 0 Å². The van der Waals surface area contributed by atoms with Gasteiger partial charge < -0.3 is 14.5 Å². The molecule has 0 atom stereocenters. The SMILES string of the molecule is CN(C(=O)CCCCOc1ccc2c(c1)N=C1NC(=O)CN1C2)c1ccccc1. The summed E-state index contributed by atoms with van der Waals surface area (Å²) < 4.78 is 5.84. The average molecular weight is 392 g/mol. The van der Waals surface area contributed by atoms with Gasteiger partial charge in [0.2, 0.25) is 17.8 Å². The predicted octanol–water partition coefficient (Wildman–Crippen LogP) is 2.83. The van der Waals surface area contributed by atoms with Crippen molar-refractivity contribution < 1.29 is 14.3 Å². The molecule has 1 fully saturated rings. The highest BCUT2D eigenvalue weighted by Gasteiger charge is 2.29. The molecular weight excluding hydrogens is 368 g/mol. The van der Waals surface area contributed by atoms with Crippen molar-refractivity contribution in [1.82, 2.24) is 10.2 Å². The highest BCUT2D eigenvalue weighted by Crippen LogP contribution is 2.30. The lowest BCUT2D eigenvalue weighted by Gasteiger charge is -2.23. The Hall–Kier alpha value is -3.35. The number of rotatable bonds is 7. The van der Waals surface area contributed by atoms with Gasteiger partial charge >= 0.3 is 0 Å². The summed E-state index contributed by atoms with van der Waals surface area (Å²) in [7, 11) is 1.80. The molecular formula is C22H24N4O3. The summed E-state index contributed by atoms with van der Waals surface area (Å²) in [5, 5.41) is 2.77. The number of aliphatic imine (C=N–C) groups is 1. The lowest BCUT2D eigenvalue weighted by Crippen LogP contribution is -2.31. The minimum Gasteiger partial charge on any atom is -0.494 e. The molecule has 4 rings (SSSR count). The van der Waals surface area contributed by atoms with Gasteiger partial charge in [0, 0.05) is 31.8 Å². The van der Waals surface area contributed by atoms with Crippen LogP contribution in [-0.2, 0) is 16.1 Å². The molecule has 0 saturated carbocycles. The molecule has 0 bridgehead atoms. The van der Waals surface area contributed by atoms with E-state index in [-0.39, 0.29) is 11.8 Å². The number of para-hydroxylation sites is 1. The fourth-order valence-corrected chi connectivity index (χ4v) is 3.44. The van der Waals surface area contributed by atoms with E-state index in [0.29, 0.717) is 32.1 Å². The van der Waals surface area contributed by atoms with Gasteiger partial charge in [0.1, 0.15) is 12.3 Å². The summed E-state index contributed by atoms with van der Waals surface area (Å²) >= 11 is 0. The first kappa shape index (κ1) is 19.0. The van der Waals surface area contributed by atoms with Crippen LogP contribution in [0, 0.1) is 0 Å². The Morgan fingerprint density at radius 2 is 2.00 bits per heavy atom. The number of amides is 2. The highest BCUT2D eigenvalue weighted by atomic mass is 16.5. The molecule has 2 aromatic carbocycles. The maximum Gasteiger partial charge on any atom is 0.246 e. The molecule has 0 aromatic heterocycles. The Morgan fingerprint density at radius 3 is 2.83 bits per heavy atom. The quantitative estimate of drug-likeness (QED) is 0.736. The zero-order valence-corrected chi connectivity index (χ0v) is 16.4. The van der Waals surface area contributed by atoms with Crippen molar-refractivity contribution in [2.24, 2.45) is 4.99 Å². The van der Waals surface area contributed by atoms with Crippen LogP contribution in [0.1, 0.15) is 24.8 Å². The monoisotopic (exact) mass is 392 g/mol. The van der Waals surface area contributed by atoms with Crippen molar-refractivity contribution in [3.05, 3.63) is 54.1 Å². The normalized spacial score (nSPS) is 14.6. The first-order chi connectivity index (χ1) is 14.1. The third kappa shape index (κ3) is 4.39. The van der Waals surface area contributed by atoms with Crippen LogP contribution in [0.15, 0.2) is 53.5 Å². The van der Waals surface area contributed by atoms with E-state index in [1.165, 1.54) is 0 Å². The van der Waals surface area contributed by atoms with E-state index in [1.54, 1.807) is 11.9 Å². The minimum absolute atomic E-state index is 0.0273. The smallest absolute Gasteiger partial charge is 0.246 e. The number of hydrogen-bond acceptors (Lipinski definition) is 5. The Balaban J connectivity index is 1.23. The molecule has 2 aromatic rings. The molecule has 0 aliphatic carbocycles. The summed E-state index contributed by atoms with van der Waals surface area (Å²) in [6.07, 6.45) is 2.05. The molecule has 0 radical (unpaired) electrons. The second-order valence-corrected chi connectivity index (χ2v) is 7.22. The Labute approximate surface area is 170 Å². The number of carbonyl (C=O) groups is 2. The van der Waals surface area contributed by atoms with Crippen molar-refractivity contribution in [2.45, 2.75) is 25.8 Å². The molecule has 2 amide bonds. The number of unbranched alkanes of at least 4 members (excludes halogenated alkanes) is 1. The van der Waals surface area contributed by atoms with Crippen LogP contribution in [0.4, 0.5) is 11.4 Å². The average Bonchev–Trinajstić information content (AvgIpc) is 3.10. The molecule has 150 valence electrons. The van der Waals surface area contributed by atoms with Crippen LogP contribution in [0.2, 0.25) is 0 Å². The minimum atomic E-state index is -0.0273. The van der Waals surface area contributed by atoms with Crippen molar-refractivity contribution in [3.63, 3.8) is 0 Å². The van der Waals surface area contributed by atoms with Gasteiger partial charge in [-0.15, -0.1) is 0 Å². The van der Waals surface area contributed by atoms with Gasteiger partial charge in [-0.1, -0.05) is 24.3 Å². The third-order valence-corrected chi connectivity index (χ3v) is 5.10. The van der Waals surface area contributed by atoms with Gasteiger partial charge in [0.05, 0.1) is 12.3 Å². The van der Waals surface area contributed by atoms with Crippen LogP contribution in [0.25, 0.3) is 0 Å². The van der Waals surface area contributed by atoms with Crippen LogP contribution < -0.4 is 15.0 Å². The van der Waals surface area contributed by atoms with Gasteiger partial charge in [-0.2, -0.15) is 0 Å². The molecule has 2 heterocycles. The molecule has 7 nitrogen and oxygen atoms in total. The maximum absolute atomic E-state index is 12.3. The van der Waals surface area contributed by atoms with Crippen molar-refractivity contribution >= 4 is 29.1 Å². The number of hydrogen-bond donors (Lipinski definition) is 1. The number of nitrogens with one attached hydrogen (secondary N) is 1. The first-order valence-electron chi connectivity index (χ1n) is 9.81. The number of benzene rings is 2. The molecule has 2 aliphatic heterocycles. The Kier molecular flexibility index (Phi) is 5.46. The largest absolute Gasteiger partial charge is 0.494 e. The number of guanidine groups is 1. The number of carbonyl (C=O) groups excluding carboxylic acids is 2. The van der Waals surface area contributed by atoms with Gasteiger partial charge in [-0.05, 0) is 36.6 Å². The second-order valence-electron chi connectivity index (χ2n) is 7.22. The van der Waals surface area contributed by atoms with Crippen molar-refractivity contribution in [1.29, 1.82) is 0 Å². The van der Waals surface area contributed by atoms with Crippen molar-refractivity contribution in [2.75, 3.05) is 25.1 Å². The third-order valence-electron chi connectivity index (χ3n) is 5.10. The van der Waals surface area contributed by atoms with Crippen LogP contribution >= 0.6 is 0 Å². The standard InChI is InChI=1S/C22H24N4O3/c1-25(17-7-3-2-4-8-17)21(28)9-5-6-12-29-18-11-10-16-14-26-15-20(27)24-22(26)23-19(16)13-18/h2-4,7-8,10-11,13H,5-6,9,12,14-15H2,1H3,(H,23,24,27). The van der Waals surface area contributed by atoms with E-state index in [4.69, 9.17) is 4.74 Å². The fraction of sp³-hybridized carbons (Fsp3) is 0.318. The molecule has 0 spiro atoms. The topological polar surface area (TPSA) is 74.2 Å². The fourth-order valence-electron chi connectivity index (χ4n) is 3.44. The molecule has 2 aliphatic rings. The molecule has 1 saturated heterocycles. The van der Waals surface area contributed by atoms with Crippen LogP contribution in [0.3, 0.4) is 0 Å². The lowest BCUT2D eigenvalue weighted by atomic mass is 10.1. The summed E-state index contributed by atoms with van der Waals surface area (Å²) in [6.45, 7) is 1.57. The zero-order chi connectivity index (χ0) is 20.2. The van der Waals surface area contributed by atoms with Gasteiger partial charge in [0.15, 0.2) is 0 Å². The second kappa shape index (κ2) is 8.34. The summed E-state index contributed by atoms with van der Waals surface area (Å²) in [5.74, 6) is 1.43. The molecule has 1 N–H and O–H groups in total. The number of anilines is 1. The van der Waals surface area contributed by atoms with E-state index in [2.05, 4.69) is 10.3 Å². The highest BCUT2D eigenvalue weighted by molar-refractivity contribution is 6.05. The number of ether oxygens (including phenoxy) is 1. The Bertz CT molecular complexity index is 942. The maximum atomic E-state index is 12.3. The first-order valence-corrected chi connectivity index (χ1v) is 9.81.